The highest BCUT2D eigenvalue weighted by Gasteiger charge is 2.18. The molecule has 0 heterocycles. The maximum Gasteiger partial charge on any atom is 0.188 e. The molecule has 0 saturated carbocycles. The Morgan fingerprint density at radius 2 is 1.95 bits per heavy atom. The smallest absolute Gasteiger partial charge is 0.188 e. The van der Waals surface area contributed by atoms with Crippen LogP contribution in [0.5, 0.6) is 0 Å². The number of benzene rings is 1. The van der Waals surface area contributed by atoms with Gasteiger partial charge < -0.3 is 11.1 Å². The Labute approximate surface area is 117 Å². The van der Waals surface area contributed by atoms with Gasteiger partial charge in [-0.2, -0.15) is 0 Å². The summed E-state index contributed by atoms with van der Waals surface area (Å²) in [4.78, 5) is 4.45. The molecular weight excluding hydrogens is 234 g/mol. The van der Waals surface area contributed by atoms with Gasteiger partial charge in [0, 0.05) is 13.1 Å². The molecule has 0 saturated heterocycles. The maximum absolute atomic E-state index is 5.85. The summed E-state index contributed by atoms with van der Waals surface area (Å²) < 4.78 is 0. The molecule has 1 rings (SSSR count). The Morgan fingerprint density at radius 3 is 2.58 bits per heavy atom. The van der Waals surface area contributed by atoms with Crippen LogP contribution >= 0.6 is 0 Å². The molecule has 0 aromatic heterocycles. The zero-order valence-electron chi connectivity index (χ0n) is 12.4. The van der Waals surface area contributed by atoms with Gasteiger partial charge >= 0.3 is 0 Å². The first-order chi connectivity index (χ1) is 9.03. The normalized spacial score (nSPS) is 12.5. The van der Waals surface area contributed by atoms with Crippen LogP contribution in [0.2, 0.25) is 0 Å². The third-order valence-electron chi connectivity index (χ3n) is 3.04. The lowest BCUT2D eigenvalue weighted by Crippen LogP contribution is -2.34. The molecular formula is C16H27N3. The highest BCUT2D eigenvalue weighted by Crippen LogP contribution is 2.21. The van der Waals surface area contributed by atoms with Gasteiger partial charge in [-0.1, -0.05) is 57.5 Å². The molecule has 0 atom stereocenters. The number of guanidine groups is 1. The van der Waals surface area contributed by atoms with Crippen molar-refractivity contribution in [1.29, 1.82) is 0 Å². The number of hydrogen-bond donors (Lipinski definition) is 2. The summed E-state index contributed by atoms with van der Waals surface area (Å²) in [6.07, 6.45) is 3.31. The topological polar surface area (TPSA) is 50.4 Å². The molecule has 3 N–H and O–H groups in total. The molecule has 0 radical (unpaired) electrons. The summed E-state index contributed by atoms with van der Waals surface area (Å²) in [6, 6.07) is 10.5. The van der Waals surface area contributed by atoms with Crippen LogP contribution in [0.1, 0.15) is 39.2 Å². The van der Waals surface area contributed by atoms with E-state index in [1.54, 1.807) is 0 Å². The average Bonchev–Trinajstić information content (AvgIpc) is 2.38. The average molecular weight is 261 g/mol. The zero-order valence-corrected chi connectivity index (χ0v) is 12.4. The van der Waals surface area contributed by atoms with Crippen LogP contribution < -0.4 is 11.1 Å². The lowest BCUT2D eigenvalue weighted by Gasteiger charge is -2.22. The van der Waals surface area contributed by atoms with Gasteiger partial charge in [0.05, 0.1) is 0 Å². The van der Waals surface area contributed by atoms with Crippen molar-refractivity contribution in [1.82, 2.24) is 5.32 Å². The van der Waals surface area contributed by atoms with Gasteiger partial charge in [-0.3, -0.25) is 4.99 Å². The molecule has 0 aliphatic heterocycles. The van der Waals surface area contributed by atoms with Gasteiger partial charge in [0.1, 0.15) is 0 Å². The van der Waals surface area contributed by atoms with Gasteiger partial charge in [-0.25, -0.2) is 0 Å². The van der Waals surface area contributed by atoms with Crippen LogP contribution in [0.3, 0.4) is 0 Å². The van der Waals surface area contributed by atoms with Crippen molar-refractivity contribution < 1.29 is 0 Å². The number of hydrogen-bond acceptors (Lipinski definition) is 1. The van der Waals surface area contributed by atoms with Crippen molar-refractivity contribution in [2.24, 2.45) is 16.1 Å². The first-order valence-corrected chi connectivity index (χ1v) is 7.11. The summed E-state index contributed by atoms with van der Waals surface area (Å²) in [7, 11) is 0. The Balaban J connectivity index is 2.43. The fourth-order valence-electron chi connectivity index (χ4n) is 1.95. The second-order valence-electron chi connectivity index (χ2n) is 5.81. The maximum atomic E-state index is 5.85. The number of nitrogens with two attached hydrogens (primary N) is 1. The van der Waals surface area contributed by atoms with Crippen molar-refractivity contribution >= 4 is 5.96 Å². The molecule has 0 bridgehead atoms. The van der Waals surface area contributed by atoms with Gasteiger partial charge in [-0.05, 0) is 23.8 Å². The summed E-state index contributed by atoms with van der Waals surface area (Å²) in [6.45, 7) is 8.27. The van der Waals surface area contributed by atoms with Gasteiger partial charge in [0.15, 0.2) is 5.96 Å². The van der Waals surface area contributed by atoms with E-state index in [1.165, 1.54) is 12.0 Å². The minimum atomic E-state index is 0.123. The summed E-state index contributed by atoms with van der Waals surface area (Å²) in [5.74, 6) is 0.564. The Morgan fingerprint density at radius 1 is 1.26 bits per heavy atom. The molecule has 1 aromatic rings. The van der Waals surface area contributed by atoms with Crippen molar-refractivity contribution in [2.45, 2.75) is 40.0 Å². The van der Waals surface area contributed by atoms with Crippen LogP contribution in [0.4, 0.5) is 0 Å². The minimum absolute atomic E-state index is 0.123. The molecule has 0 fully saturated rings. The quantitative estimate of drug-likeness (QED) is 0.450. The summed E-state index contributed by atoms with van der Waals surface area (Å²) >= 11 is 0. The van der Waals surface area contributed by atoms with Crippen molar-refractivity contribution in [3.8, 4) is 0 Å². The zero-order chi connectivity index (χ0) is 14.1. The number of nitrogens with one attached hydrogen (secondary N) is 1. The number of nitrogens with zero attached hydrogens (tertiary/aromatic N) is 1. The first kappa shape index (κ1) is 15.5. The van der Waals surface area contributed by atoms with Crippen LogP contribution in [0.15, 0.2) is 35.3 Å². The predicted molar refractivity (Wildman–Crippen MR) is 83.3 cm³/mol. The second kappa shape index (κ2) is 7.82. The Kier molecular flexibility index (Phi) is 6.40. The molecule has 19 heavy (non-hydrogen) atoms. The molecule has 0 spiro atoms. The molecule has 3 heteroatoms. The molecule has 0 aliphatic carbocycles. The van der Waals surface area contributed by atoms with Crippen LogP contribution in [0.25, 0.3) is 0 Å². The van der Waals surface area contributed by atoms with E-state index in [1.807, 2.05) is 6.07 Å². The fraction of sp³-hybridized carbons (Fsp3) is 0.562. The monoisotopic (exact) mass is 261 g/mol. The van der Waals surface area contributed by atoms with E-state index in [4.69, 9.17) is 5.73 Å². The van der Waals surface area contributed by atoms with E-state index in [0.29, 0.717) is 5.96 Å². The Hall–Kier alpha value is -1.51. The molecule has 106 valence electrons. The van der Waals surface area contributed by atoms with E-state index in [9.17, 15) is 0 Å². The number of aliphatic imine (C=N–C) groups is 1. The highest BCUT2D eigenvalue weighted by atomic mass is 15.1. The van der Waals surface area contributed by atoms with Crippen LogP contribution in [0, 0.1) is 5.41 Å². The van der Waals surface area contributed by atoms with Gasteiger partial charge in [0.2, 0.25) is 0 Å². The van der Waals surface area contributed by atoms with E-state index in [0.717, 1.165) is 25.9 Å². The van der Waals surface area contributed by atoms with E-state index in [2.05, 4.69) is 55.3 Å². The van der Waals surface area contributed by atoms with Crippen molar-refractivity contribution in [3.63, 3.8) is 0 Å². The largest absolute Gasteiger partial charge is 0.370 e. The standard InChI is InChI=1S/C16H27N3/c1-4-5-11-18-15(17)19-13-16(2,3)12-14-9-7-6-8-10-14/h6-10H,4-5,11-13H2,1-3H3,(H3,17,18,19). The first-order valence-electron chi connectivity index (χ1n) is 7.11. The number of rotatable bonds is 7. The SMILES string of the molecule is CCCCNC(N)=NCC(C)(C)Cc1ccccc1. The third kappa shape index (κ3) is 6.85. The summed E-state index contributed by atoms with van der Waals surface area (Å²) in [5.41, 5.74) is 7.32. The minimum Gasteiger partial charge on any atom is -0.370 e. The van der Waals surface area contributed by atoms with E-state index < -0.39 is 0 Å². The van der Waals surface area contributed by atoms with Crippen molar-refractivity contribution in [2.75, 3.05) is 13.1 Å². The molecule has 1 aromatic carbocycles. The lowest BCUT2D eigenvalue weighted by atomic mass is 9.86. The molecule has 0 amide bonds. The number of unbranched alkanes of at least 4 members (excludes halogenated alkanes) is 1. The third-order valence-corrected chi connectivity index (χ3v) is 3.04. The predicted octanol–water partition coefficient (Wildman–Crippen LogP) is 2.96. The lowest BCUT2D eigenvalue weighted by molar-refractivity contribution is 0.377. The van der Waals surface area contributed by atoms with E-state index in [-0.39, 0.29) is 5.41 Å². The van der Waals surface area contributed by atoms with E-state index >= 15 is 0 Å². The van der Waals surface area contributed by atoms with Gasteiger partial charge in [-0.15, -0.1) is 0 Å². The van der Waals surface area contributed by atoms with Gasteiger partial charge in [0.25, 0.3) is 0 Å². The highest BCUT2D eigenvalue weighted by molar-refractivity contribution is 5.77. The fourth-order valence-corrected chi connectivity index (χ4v) is 1.95. The second-order valence-corrected chi connectivity index (χ2v) is 5.81. The molecule has 0 unspecified atom stereocenters. The molecule has 3 nitrogen and oxygen atoms in total. The Bertz CT molecular complexity index is 382. The molecule has 0 aliphatic rings. The summed E-state index contributed by atoms with van der Waals surface area (Å²) in [5, 5.41) is 3.15. The van der Waals surface area contributed by atoms with Crippen molar-refractivity contribution in [3.05, 3.63) is 35.9 Å². The van der Waals surface area contributed by atoms with Crippen LogP contribution in [-0.4, -0.2) is 19.0 Å². The van der Waals surface area contributed by atoms with Crippen LogP contribution in [-0.2, 0) is 6.42 Å².